The summed E-state index contributed by atoms with van der Waals surface area (Å²) in [5.74, 6) is 1.31. The van der Waals surface area contributed by atoms with Crippen LogP contribution in [0, 0.1) is 0 Å². The average Bonchev–Trinajstić information content (AvgIpc) is 3.25. The molecule has 4 aromatic rings. The minimum Gasteiger partial charge on any atom is -0.364 e. The van der Waals surface area contributed by atoms with Crippen molar-refractivity contribution in [2.45, 2.75) is 30.7 Å². The van der Waals surface area contributed by atoms with Crippen LogP contribution in [-0.2, 0) is 24.2 Å². The van der Waals surface area contributed by atoms with Crippen molar-refractivity contribution in [3.8, 4) is 0 Å². The van der Waals surface area contributed by atoms with Gasteiger partial charge in [-0.1, -0.05) is 41.9 Å². The highest BCUT2D eigenvalue weighted by Crippen LogP contribution is 2.17. The Balaban J connectivity index is 1.29. The van der Waals surface area contributed by atoms with Crippen LogP contribution in [0.1, 0.15) is 23.4 Å². The first-order valence-corrected chi connectivity index (χ1v) is 12.3. The van der Waals surface area contributed by atoms with E-state index in [1.54, 1.807) is 16.3 Å². The maximum atomic E-state index is 12.3. The lowest BCUT2D eigenvalue weighted by Gasteiger charge is -2.08. The summed E-state index contributed by atoms with van der Waals surface area (Å²) in [6.07, 6.45) is 3.64. The monoisotopic (exact) mass is 480 g/mol. The second kappa shape index (κ2) is 11.2. The summed E-state index contributed by atoms with van der Waals surface area (Å²) >= 11 is 7.94. The number of fused-ring (bicyclic) bond motifs is 1. The number of halogens is 1. The maximum absolute atomic E-state index is 12.3. The minimum absolute atomic E-state index is 0.0134. The van der Waals surface area contributed by atoms with E-state index >= 15 is 0 Å². The van der Waals surface area contributed by atoms with Crippen molar-refractivity contribution < 1.29 is 4.79 Å². The summed E-state index contributed by atoms with van der Waals surface area (Å²) in [7, 11) is 0. The fourth-order valence-electron chi connectivity index (χ4n) is 3.36. The number of aromatic nitrogens is 4. The summed E-state index contributed by atoms with van der Waals surface area (Å²) in [6.45, 7) is 1.16. The zero-order valence-electron chi connectivity index (χ0n) is 18.3. The molecular formula is C24H25ClN6OS. The lowest BCUT2D eigenvalue weighted by molar-refractivity contribution is -0.121. The number of hydrogen-bond donors (Lipinski definition) is 2. The predicted molar refractivity (Wildman–Crippen MR) is 133 cm³/mol. The van der Waals surface area contributed by atoms with Crippen LogP contribution in [0.4, 0.5) is 5.82 Å². The molecule has 2 N–H and O–H groups in total. The van der Waals surface area contributed by atoms with Crippen LogP contribution in [0.15, 0.2) is 65.6 Å². The van der Waals surface area contributed by atoms with Gasteiger partial charge in [0.2, 0.25) is 5.91 Å². The van der Waals surface area contributed by atoms with Gasteiger partial charge in [-0.25, -0.2) is 0 Å². The Morgan fingerprint density at radius 3 is 2.64 bits per heavy atom. The highest BCUT2D eigenvalue weighted by molar-refractivity contribution is 7.98. The van der Waals surface area contributed by atoms with Gasteiger partial charge >= 0.3 is 0 Å². The SMILES string of the molecule is CSc1ccc(CCNC(=O)CCc2nnc3ccc(NCc4ccccc4Cl)nn23)cc1. The van der Waals surface area contributed by atoms with Crippen LogP contribution in [0.5, 0.6) is 0 Å². The number of aryl methyl sites for hydroxylation is 1. The molecule has 0 spiro atoms. The summed E-state index contributed by atoms with van der Waals surface area (Å²) in [5, 5.41) is 19.9. The third kappa shape index (κ3) is 6.24. The first-order chi connectivity index (χ1) is 16.1. The van der Waals surface area contributed by atoms with Crippen molar-refractivity contribution in [3.63, 3.8) is 0 Å². The van der Waals surface area contributed by atoms with E-state index in [-0.39, 0.29) is 5.91 Å². The summed E-state index contributed by atoms with van der Waals surface area (Å²) < 4.78 is 1.68. The summed E-state index contributed by atoms with van der Waals surface area (Å²) in [4.78, 5) is 13.5. The molecule has 0 saturated heterocycles. The Morgan fingerprint density at radius 1 is 1.03 bits per heavy atom. The largest absolute Gasteiger partial charge is 0.364 e. The Labute approximate surface area is 202 Å². The molecule has 7 nitrogen and oxygen atoms in total. The van der Waals surface area contributed by atoms with E-state index in [0.29, 0.717) is 48.2 Å². The molecule has 0 aliphatic carbocycles. The molecule has 0 saturated carbocycles. The van der Waals surface area contributed by atoms with Crippen LogP contribution < -0.4 is 10.6 Å². The Morgan fingerprint density at radius 2 is 1.85 bits per heavy atom. The molecule has 0 unspecified atom stereocenters. The molecule has 2 aromatic heterocycles. The molecule has 33 heavy (non-hydrogen) atoms. The first-order valence-electron chi connectivity index (χ1n) is 10.7. The maximum Gasteiger partial charge on any atom is 0.220 e. The quantitative estimate of drug-likeness (QED) is 0.327. The van der Waals surface area contributed by atoms with Gasteiger partial charge in [0.05, 0.1) is 0 Å². The zero-order valence-corrected chi connectivity index (χ0v) is 19.9. The van der Waals surface area contributed by atoms with E-state index in [1.165, 1.54) is 10.5 Å². The van der Waals surface area contributed by atoms with E-state index in [1.807, 2.05) is 36.4 Å². The number of carbonyl (C=O) groups excluding carboxylic acids is 1. The van der Waals surface area contributed by atoms with Gasteiger partial charge in [0.25, 0.3) is 0 Å². The highest BCUT2D eigenvalue weighted by atomic mass is 35.5. The normalized spacial score (nSPS) is 11.0. The molecule has 0 radical (unpaired) electrons. The van der Waals surface area contributed by atoms with Gasteiger partial charge in [-0.3, -0.25) is 4.79 Å². The van der Waals surface area contributed by atoms with E-state index in [4.69, 9.17) is 11.6 Å². The van der Waals surface area contributed by atoms with Crippen molar-refractivity contribution in [1.82, 2.24) is 25.1 Å². The second-order valence-electron chi connectivity index (χ2n) is 7.50. The van der Waals surface area contributed by atoms with Crippen LogP contribution >= 0.6 is 23.4 Å². The van der Waals surface area contributed by atoms with Crippen molar-refractivity contribution >= 4 is 40.7 Å². The molecule has 4 rings (SSSR count). The van der Waals surface area contributed by atoms with Gasteiger partial charge in [-0.05, 0) is 54.1 Å². The van der Waals surface area contributed by atoms with Crippen LogP contribution in [0.25, 0.3) is 5.65 Å². The van der Waals surface area contributed by atoms with Crippen LogP contribution in [0.3, 0.4) is 0 Å². The van der Waals surface area contributed by atoms with Gasteiger partial charge in [0.1, 0.15) is 5.82 Å². The van der Waals surface area contributed by atoms with E-state index in [0.717, 1.165) is 12.0 Å². The molecule has 0 atom stereocenters. The predicted octanol–water partition coefficient (Wildman–Crippen LogP) is 4.40. The lowest BCUT2D eigenvalue weighted by Crippen LogP contribution is -2.26. The third-order valence-corrected chi connectivity index (χ3v) is 6.33. The van der Waals surface area contributed by atoms with Crippen LogP contribution in [0.2, 0.25) is 5.02 Å². The van der Waals surface area contributed by atoms with Crippen molar-refractivity contribution in [1.29, 1.82) is 0 Å². The molecule has 170 valence electrons. The number of thioether (sulfide) groups is 1. The fourth-order valence-corrected chi connectivity index (χ4v) is 3.97. The molecule has 2 aromatic carbocycles. The average molecular weight is 481 g/mol. The standard InChI is InChI=1S/C24H25ClN6OS/c1-33-19-8-6-17(7-9-19)14-15-26-24(32)13-12-23-29-28-22-11-10-21(30-31(22)23)27-16-18-4-2-3-5-20(18)25/h2-11H,12-16H2,1H3,(H,26,32)(H,27,30). The van der Waals surface area contributed by atoms with Crippen molar-refractivity contribution in [2.24, 2.45) is 0 Å². The number of hydrogen-bond acceptors (Lipinski definition) is 6. The van der Waals surface area contributed by atoms with E-state index < -0.39 is 0 Å². The molecule has 0 aliphatic rings. The van der Waals surface area contributed by atoms with Crippen LogP contribution in [-0.4, -0.2) is 38.5 Å². The van der Waals surface area contributed by atoms with Crippen molar-refractivity contribution in [3.05, 3.63) is 82.6 Å². The molecule has 1 amide bonds. The van der Waals surface area contributed by atoms with Gasteiger partial charge in [0, 0.05) is 35.8 Å². The molecular weight excluding hydrogens is 456 g/mol. The van der Waals surface area contributed by atoms with Crippen molar-refractivity contribution in [2.75, 3.05) is 18.1 Å². The topological polar surface area (TPSA) is 84.2 Å². The molecule has 0 bridgehead atoms. The van der Waals surface area contributed by atoms with E-state index in [9.17, 15) is 4.79 Å². The number of nitrogens with zero attached hydrogens (tertiary/aromatic N) is 4. The minimum atomic E-state index is -0.0134. The summed E-state index contributed by atoms with van der Waals surface area (Å²) in [6, 6.07) is 19.8. The Hall–Kier alpha value is -3.10. The van der Waals surface area contributed by atoms with Gasteiger partial charge in [-0.2, -0.15) is 4.52 Å². The smallest absolute Gasteiger partial charge is 0.220 e. The number of nitrogens with one attached hydrogen (secondary N) is 2. The lowest BCUT2D eigenvalue weighted by atomic mass is 10.1. The molecule has 2 heterocycles. The van der Waals surface area contributed by atoms with Gasteiger partial charge in [0.15, 0.2) is 11.5 Å². The number of benzene rings is 2. The number of amides is 1. The zero-order chi connectivity index (χ0) is 23.0. The number of rotatable bonds is 10. The van der Waals surface area contributed by atoms with E-state index in [2.05, 4.69) is 56.5 Å². The summed E-state index contributed by atoms with van der Waals surface area (Å²) in [5.41, 5.74) is 2.84. The number of anilines is 1. The second-order valence-corrected chi connectivity index (χ2v) is 8.78. The Bertz CT molecular complexity index is 1230. The molecule has 0 fully saturated rings. The first kappa shape index (κ1) is 23.1. The third-order valence-electron chi connectivity index (χ3n) is 5.22. The fraction of sp³-hybridized carbons (Fsp3) is 0.250. The van der Waals surface area contributed by atoms with Gasteiger partial charge in [-0.15, -0.1) is 27.1 Å². The highest BCUT2D eigenvalue weighted by Gasteiger charge is 2.11. The molecule has 0 aliphatic heterocycles. The Kier molecular flexibility index (Phi) is 7.80. The number of carbonyl (C=O) groups is 1. The van der Waals surface area contributed by atoms with Gasteiger partial charge < -0.3 is 10.6 Å². The molecule has 9 heteroatoms.